The first-order valence-electron chi connectivity index (χ1n) is 7.62. The number of nitrogens with zero attached hydrogens (tertiary/aromatic N) is 4. The number of aromatic amines is 1. The van der Waals surface area contributed by atoms with E-state index in [4.69, 9.17) is 0 Å². The van der Waals surface area contributed by atoms with E-state index in [0.717, 1.165) is 43.8 Å². The first-order valence-corrected chi connectivity index (χ1v) is 8.50. The van der Waals surface area contributed by atoms with Crippen molar-refractivity contribution in [3.63, 3.8) is 0 Å². The Labute approximate surface area is 137 Å². The third-order valence-electron chi connectivity index (χ3n) is 4.20. The van der Waals surface area contributed by atoms with Crippen LogP contribution in [-0.4, -0.2) is 56.8 Å². The number of rotatable bonds is 3. The minimum Gasteiger partial charge on any atom is -0.345 e. The van der Waals surface area contributed by atoms with Gasteiger partial charge in [0.25, 0.3) is 5.91 Å². The number of thiazole rings is 1. The Kier molecular flexibility index (Phi) is 3.80. The molecule has 1 saturated heterocycles. The van der Waals surface area contributed by atoms with Crippen molar-refractivity contribution in [3.05, 3.63) is 46.7 Å². The van der Waals surface area contributed by atoms with E-state index in [0.29, 0.717) is 5.56 Å². The summed E-state index contributed by atoms with van der Waals surface area (Å²) >= 11 is 1.68. The Bertz CT molecular complexity index is 805. The van der Waals surface area contributed by atoms with Gasteiger partial charge < -0.3 is 9.88 Å². The van der Waals surface area contributed by atoms with E-state index < -0.39 is 0 Å². The highest BCUT2D eigenvalue weighted by atomic mass is 32.1. The number of para-hydroxylation sites is 1. The number of aromatic nitrogens is 3. The van der Waals surface area contributed by atoms with Gasteiger partial charge in [-0.1, -0.05) is 6.07 Å². The first kappa shape index (κ1) is 14.3. The van der Waals surface area contributed by atoms with Crippen LogP contribution in [0, 0.1) is 0 Å². The van der Waals surface area contributed by atoms with Crippen LogP contribution < -0.4 is 0 Å². The van der Waals surface area contributed by atoms with Crippen molar-refractivity contribution >= 4 is 28.3 Å². The maximum Gasteiger partial charge on any atom is 0.256 e. The van der Waals surface area contributed by atoms with Crippen LogP contribution in [-0.2, 0) is 6.54 Å². The number of hydrogen-bond acceptors (Lipinski definition) is 5. The van der Waals surface area contributed by atoms with Crippen LogP contribution >= 0.6 is 11.3 Å². The number of hydrogen-bond donors (Lipinski definition) is 1. The topological polar surface area (TPSA) is 65.1 Å². The number of fused-ring (bicyclic) bond motifs is 1. The summed E-state index contributed by atoms with van der Waals surface area (Å²) in [5.74, 6) is 0.0696. The van der Waals surface area contributed by atoms with Gasteiger partial charge in [-0.25, -0.2) is 4.98 Å². The largest absolute Gasteiger partial charge is 0.345 e. The Morgan fingerprint density at radius 2 is 2.13 bits per heavy atom. The molecular weight excluding hydrogens is 310 g/mol. The fourth-order valence-corrected chi connectivity index (χ4v) is 3.59. The summed E-state index contributed by atoms with van der Waals surface area (Å²) in [5.41, 5.74) is 4.20. The van der Waals surface area contributed by atoms with Gasteiger partial charge in [-0.15, -0.1) is 11.3 Å². The molecule has 2 aromatic heterocycles. The molecular formula is C16H17N5OS. The van der Waals surface area contributed by atoms with Gasteiger partial charge in [0.1, 0.15) is 5.52 Å². The molecule has 7 heteroatoms. The molecule has 4 rings (SSSR count). The molecule has 1 aliphatic heterocycles. The third kappa shape index (κ3) is 2.85. The molecule has 1 aromatic carbocycles. The van der Waals surface area contributed by atoms with E-state index in [2.05, 4.69) is 19.9 Å². The number of amides is 1. The Morgan fingerprint density at radius 1 is 1.26 bits per heavy atom. The van der Waals surface area contributed by atoms with E-state index in [9.17, 15) is 4.79 Å². The van der Waals surface area contributed by atoms with Gasteiger partial charge in [-0.2, -0.15) is 0 Å². The van der Waals surface area contributed by atoms with Crippen molar-refractivity contribution in [1.82, 2.24) is 24.8 Å². The summed E-state index contributed by atoms with van der Waals surface area (Å²) in [4.78, 5) is 29.8. The standard InChI is InChI=1S/C16H17N5OS/c22-16(13-2-1-3-14-15(13)19-10-18-14)21-6-4-20(5-7-21)9-12-8-17-11-23-12/h1-3,8,10-11H,4-7,9H2,(H,18,19). The predicted molar refractivity (Wildman–Crippen MR) is 89.4 cm³/mol. The maximum absolute atomic E-state index is 12.8. The van der Waals surface area contributed by atoms with Gasteiger partial charge in [-0.05, 0) is 12.1 Å². The number of H-pyrrole nitrogens is 1. The van der Waals surface area contributed by atoms with Crippen molar-refractivity contribution < 1.29 is 4.79 Å². The smallest absolute Gasteiger partial charge is 0.256 e. The summed E-state index contributed by atoms with van der Waals surface area (Å²) < 4.78 is 0. The molecule has 0 unspecified atom stereocenters. The zero-order chi connectivity index (χ0) is 15.6. The Hall–Kier alpha value is -2.25. The van der Waals surface area contributed by atoms with Crippen LogP contribution in [0.4, 0.5) is 0 Å². The molecule has 0 bridgehead atoms. The molecule has 3 heterocycles. The zero-order valence-corrected chi connectivity index (χ0v) is 13.4. The highest BCUT2D eigenvalue weighted by Gasteiger charge is 2.24. The van der Waals surface area contributed by atoms with Crippen LogP contribution in [0.3, 0.4) is 0 Å². The minimum atomic E-state index is 0.0696. The van der Waals surface area contributed by atoms with Crippen molar-refractivity contribution in [3.8, 4) is 0 Å². The summed E-state index contributed by atoms with van der Waals surface area (Å²) in [7, 11) is 0. The maximum atomic E-state index is 12.8. The second-order valence-corrected chi connectivity index (χ2v) is 6.61. The van der Waals surface area contributed by atoms with E-state index in [1.54, 1.807) is 17.7 Å². The lowest BCUT2D eigenvalue weighted by Crippen LogP contribution is -2.48. The second-order valence-electron chi connectivity index (χ2n) is 5.64. The lowest BCUT2D eigenvalue weighted by Gasteiger charge is -2.34. The molecule has 0 saturated carbocycles. The number of piperazine rings is 1. The number of benzene rings is 1. The SMILES string of the molecule is O=C(c1cccc2[nH]cnc12)N1CCN(Cc2cncs2)CC1. The van der Waals surface area contributed by atoms with Gasteiger partial charge in [-0.3, -0.25) is 14.7 Å². The Balaban J connectivity index is 1.44. The highest BCUT2D eigenvalue weighted by Crippen LogP contribution is 2.18. The monoisotopic (exact) mass is 327 g/mol. The average molecular weight is 327 g/mol. The zero-order valence-electron chi connectivity index (χ0n) is 12.6. The number of imidazole rings is 1. The first-order chi connectivity index (χ1) is 11.3. The number of nitrogens with one attached hydrogen (secondary N) is 1. The fourth-order valence-electron chi connectivity index (χ4n) is 2.96. The molecule has 3 aromatic rings. The van der Waals surface area contributed by atoms with Crippen LogP contribution in [0.15, 0.2) is 36.2 Å². The molecule has 0 atom stereocenters. The normalized spacial score (nSPS) is 16.1. The van der Waals surface area contributed by atoms with Crippen LogP contribution in [0.25, 0.3) is 11.0 Å². The average Bonchev–Trinajstić information content (AvgIpc) is 3.25. The molecule has 1 N–H and O–H groups in total. The molecule has 0 spiro atoms. The lowest BCUT2D eigenvalue weighted by atomic mass is 10.1. The Morgan fingerprint density at radius 3 is 2.91 bits per heavy atom. The molecule has 0 radical (unpaired) electrons. The van der Waals surface area contributed by atoms with Crippen LogP contribution in [0.5, 0.6) is 0 Å². The molecule has 23 heavy (non-hydrogen) atoms. The van der Waals surface area contributed by atoms with Crippen molar-refractivity contribution in [2.45, 2.75) is 6.54 Å². The van der Waals surface area contributed by atoms with Gasteiger partial charge >= 0.3 is 0 Å². The highest BCUT2D eigenvalue weighted by molar-refractivity contribution is 7.09. The van der Waals surface area contributed by atoms with Crippen LogP contribution in [0.2, 0.25) is 0 Å². The van der Waals surface area contributed by atoms with Gasteiger partial charge in [0.15, 0.2) is 0 Å². The summed E-state index contributed by atoms with van der Waals surface area (Å²) in [6.07, 6.45) is 3.55. The summed E-state index contributed by atoms with van der Waals surface area (Å²) in [6, 6.07) is 5.69. The van der Waals surface area contributed by atoms with E-state index in [-0.39, 0.29) is 5.91 Å². The predicted octanol–water partition coefficient (Wildman–Crippen LogP) is 1.98. The molecule has 1 aliphatic rings. The molecule has 118 valence electrons. The van der Waals surface area contributed by atoms with E-state index in [1.807, 2.05) is 34.8 Å². The minimum absolute atomic E-state index is 0.0696. The molecule has 1 fully saturated rings. The van der Waals surface area contributed by atoms with E-state index in [1.165, 1.54) is 4.88 Å². The van der Waals surface area contributed by atoms with Crippen LogP contribution in [0.1, 0.15) is 15.2 Å². The van der Waals surface area contributed by atoms with Crippen molar-refractivity contribution in [2.24, 2.45) is 0 Å². The molecule has 6 nitrogen and oxygen atoms in total. The van der Waals surface area contributed by atoms with Crippen molar-refractivity contribution in [1.29, 1.82) is 0 Å². The van der Waals surface area contributed by atoms with Gasteiger partial charge in [0.2, 0.25) is 0 Å². The van der Waals surface area contributed by atoms with E-state index >= 15 is 0 Å². The van der Waals surface area contributed by atoms with Gasteiger partial charge in [0.05, 0.1) is 22.9 Å². The molecule has 1 amide bonds. The molecule has 0 aliphatic carbocycles. The quantitative estimate of drug-likeness (QED) is 0.799. The third-order valence-corrected chi connectivity index (χ3v) is 4.97. The number of carbonyl (C=O) groups excluding carboxylic acids is 1. The lowest BCUT2D eigenvalue weighted by molar-refractivity contribution is 0.0631. The second kappa shape index (κ2) is 6.10. The van der Waals surface area contributed by atoms with Crippen molar-refractivity contribution in [2.75, 3.05) is 26.2 Å². The fraction of sp³-hybridized carbons (Fsp3) is 0.312. The summed E-state index contributed by atoms with van der Waals surface area (Å²) in [5, 5.41) is 0. The van der Waals surface area contributed by atoms with Gasteiger partial charge in [0, 0.05) is 43.8 Å². The summed E-state index contributed by atoms with van der Waals surface area (Å²) in [6.45, 7) is 4.19. The number of carbonyl (C=O) groups is 1.